The van der Waals surface area contributed by atoms with E-state index in [2.05, 4.69) is 128 Å². The number of furan rings is 1. The topological polar surface area (TPSA) is 41.8 Å². The number of thiophene rings is 1. The first-order valence-electron chi connectivity index (χ1n) is 16.8. The highest BCUT2D eigenvalue weighted by molar-refractivity contribution is 7.08. The van der Waals surface area contributed by atoms with Crippen molar-refractivity contribution in [3.63, 3.8) is 0 Å². The van der Waals surface area contributed by atoms with Crippen molar-refractivity contribution in [3.8, 4) is 0 Å². The number of rotatable bonds is 0. The fourth-order valence-corrected chi connectivity index (χ4v) is 3.94. The molecular formula is C40H74N2OS. The van der Waals surface area contributed by atoms with E-state index in [0.717, 1.165) is 6.42 Å². The van der Waals surface area contributed by atoms with Crippen LogP contribution in [0.15, 0.2) is 75.9 Å². The number of nitrogens with one attached hydrogen (secondary N) is 1. The number of aromatic nitrogens is 2. The lowest BCUT2D eigenvalue weighted by Gasteiger charge is -2.19. The molecule has 0 aromatic carbocycles. The van der Waals surface area contributed by atoms with Gasteiger partial charge in [0.15, 0.2) is 0 Å². The van der Waals surface area contributed by atoms with Gasteiger partial charge in [-0.15, -0.1) is 0 Å². The molecule has 3 nitrogen and oxygen atoms in total. The van der Waals surface area contributed by atoms with Crippen molar-refractivity contribution in [3.05, 3.63) is 88.3 Å². The van der Waals surface area contributed by atoms with Gasteiger partial charge in [-0.25, -0.2) is 0 Å². The smallest absolute Gasteiger partial charge is 0.0939 e. The fourth-order valence-electron chi connectivity index (χ4n) is 3.06. The van der Waals surface area contributed by atoms with E-state index < -0.39 is 0 Å². The third-order valence-electron chi connectivity index (χ3n) is 5.82. The lowest BCUT2D eigenvalue weighted by molar-refractivity contribution is 0.496. The van der Waals surface area contributed by atoms with Crippen LogP contribution in [0, 0.1) is 5.41 Å². The van der Waals surface area contributed by atoms with Gasteiger partial charge in [0.25, 0.3) is 0 Å². The van der Waals surface area contributed by atoms with Gasteiger partial charge in [-0.1, -0.05) is 162 Å². The van der Waals surface area contributed by atoms with Crippen molar-refractivity contribution in [2.45, 2.75) is 161 Å². The van der Waals surface area contributed by atoms with Gasteiger partial charge in [-0.3, -0.25) is 5.10 Å². The van der Waals surface area contributed by atoms with Gasteiger partial charge in [0.1, 0.15) is 0 Å². The molecule has 0 radical (unpaired) electrons. The Balaban J connectivity index is -0.000000225. The molecule has 1 N–H and O–H groups in total. The quantitative estimate of drug-likeness (QED) is 0.268. The van der Waals surface area contributed by atoms with E-state index in [4.69, 9.17) is 4.42 Å². The lowest BCUT2D eigenvalue weighted by Crippen LogP contribution is -2.11. The summed E-state index contributed by atoms with van der Waals surface area (Å²) in [4.78, 5) is 0. The van der Waals surface area contributed by atoms with Crippen molar-refractivity contribution in [1.29, 1.82) is 0 Å². The van der Waals surface area contributed by atoms with Gasteiger partial charge >= 0.3 is 0 Å². The summed E-state index contributed by atoms with van der Waals surface area (Å²) in [6, 6.07) is 6.19. The summed E-state index contributed by atoms with van der Waals surface area (Å²) in [5, 5.41) is 11.1. The van der Waals surface area contributed by atoms with Crippen LogP contribution in [0.5, 0.6) is 0 Å². The SMILES string of the molecule is CC.CC.CC.CC.CC(C)(C)C1=CC=CC1.CC(C)(C)c1ccn[nH]1.CC(C)(C)c1ccoc1.CC(C)(C)c1ccsc1. The van der Waals surface area contributed by atoms with Crippen LogP contribution in [-0.2, 0) is 16.2 Å². The van der Waals surface area contributed by atoms with E-state index in [1.165, 1.54) is 16.8 Å². The molecule has 0 atom stereocenters. The van der Waals surface area contributed by atoms with Crippen LogP contribution >= 0.6 is 11.3 Å². The van der Waals surface area contributed by atoms with Crippen LogP contribution < -0.4 is 0 Å². The summed E-state index contributed by atoms with van der Waals surface area (Å²) < 4.78 is 4.94. The highest BCUT2D eigenvalue weighted by Crippen LogP contribution is 2.30. The highest BCUT2D eigenvalue weighted by atomic mass is 32.1. The van der Waals surface area contributed by atoms with Crippen LogP contribution in [0.3, 0.4) is 0 Å². The van der Waals surface area contributed by atoms with Crippen molar-refractivity contribution < 1.29 is 4.42 Å². The van der Waals surface area contributed by atoms with Gasteiger partial charge in [-0.2, -0.15) is 16.4 Å². The molecule has 3 aromatic heterocycles. The van der Waals surface area contributed by atoms with Crippen molar-refractivity contribution >= 4 is 11.3 Å². The third-order valence-corrected chi connectivity index (χ3v) is 6.50. The molecular weight excluding hydrogens is 557 g/mol. The normalized spacial score (nSPS) is 11.6. The van der Waals surface area contributed by atoms with E-state index in [9.17, 15) is 0 Å². The average molecular weight is 631 g/mol. The third kappa shape index (κ3) is 24.0. The van der Waals surface area contributed by atoms with Crippen molar-refractivity contribution in [2.24, 2.45) is 5.41 Å². The Labute approximate surface area is 280 Å². The number of hydrogen-bond acceptors (Lipinski definition) is 3. The minimum absolute atomic E-state index is 0.205. The Hall–Kier alpha value is -2.33. The molecule has 0 fully saturated rings. The van der Waals surface area contributed by atoms with Gasteiger partial charge in [-0.05, 0) is 62.8 Å². The Bertz CT molecular complexity index is 906. The van der Waals surface area contributed by atoms with E-state index in [-0.39, 0.29) is 10.8 Å². The molecule has 0 unspecified atom stereocenters. The summed E-state index contributed by atoms with van der Waals surface area (Å²) >= 11 is 1.77. The van der Waals surface area contributed by atoms with Crippen LogP contribution in [0.25, 0.3) is 0 Å². The average Bonchev–Trinajstić information content (AvgIpc) is 3.79. The number of H-pyrrole nitrogens is 1. The molecule has 0 bridgehead atoms. The minimum Gasteiger partial charge on any atom is -0.472 e. The first-order chi connectivity index (χ1) is 20.4. The van der Waals surface area contributed by atoms with Crippen LogP contribution in [0.1, 0.15) is 162 Å². The summed E-state index contributed by atoms with van der Waals surface area (Å²) in [6.07, 6.45) is 13.0. The van der Waals surface area contributed by atoms with E-state index in [1.807, 2.05) is 67.5 Å². The lowest BCUT2D eigenvalue weighted by atomic mass is 9.86. The second-order valence-corrected chi connectivity index (χ2v) is 14.1. The molecule has 4 heteroatoms. The molecule has 1 aliphatic carbocycles. The highest BCUT2D eigenvalue weighted by Gasteiger charge is 2.16. The standard InChI is InChI=1S/C9H14.C8H12O.C8H12S.C7H12N2.4C2H6/c1-9(2,3)8-6-4-5-7-8;2*1-8(2,3)7-4-5-9-6-7;1-7(2,3)6-4-5-8-9-6;4*1-2/h4-6H,7H2,1-3H3;2*4-6H,1-3H3;4-5H,1-3H3,(H,8,9);4*1-2H3. The van der Waals surface area contributed by atoms with Gasteiger partial charge in [0, 0.05) is 17.3 Å². The van der Waals surface area contributed by atoms with E-state index >= 15 is 0 Å². The first-order valence-corrected chi connectivity index (χ1v) is 17.8. The molecule has 44 heavy (non-hydrogen) atoms. The summed E-state index contributed by atoms with van der Waals surface area (Å²) in [5.41, 5.74) is 6.56. The van der Waals surface area contributed by atoms with Crippen molar-refractivity contribution in [2.75, 3.05) is 0 Å². The minimum atomic E-state index is 0.205. The van der Waals surface area contributed by atoms with Gasteiger partial charge < -0.3 is 4.42 Å². The van der Waals surface area contributed by atoms with E-state index in [0.29, 0.717) is 10.8 Å². The van der Waals surface area contributed by atoms with Gasteiger partial charge in [0.2, 0.25) is 0 Å². The van der Waals surface area contributed by atoms with Crippen molar-refractivity contribution in [1.82, 2.24) is 10.2 Å². The zero-order valence-corrected chi connectivity index (χ0v) is 33.6. The summed E-state index contributed by atoms with van der Waals surface area (Å²) in [7, 11) is 0. The first kappa shape index (κ1) is 48.6. The maximum atomic E-state index is 4.94. The molecule has 3 aromatic rings. The zero-order valence-electron chi connectivity index (χ0n) is 32.8. The molecule has 0 amide bonds. The number of aromatic amines is 1. The van der Waals surface area contributed by atoms with E-state index in [1.54, 1.807) is 35.6 Å². The molecule has 0 aliphatic heterocycles. The second kappa shape index (κ2) is 25.9. The zero-order chi connectivity index (χ0) is 35.6. The molecule has 4 rings (SSSR count). The Morgan fingerprint density at radius 1 is 0.659 bits per heavy atom. The van der Waals surface area contributed by atoms with Crippen LogP contribution in [-0.4, -0.2) is 10.2 Å². The molecule has 1 aliphatic rings. The molecule has 0 spiro atoms. The molecule has 3 heterocycles. The van der Waals surface area contributed by atoms with Gasteiger partial charge in [0.05, 0.1) is 12.5 Å². The largest absolute Gasteiger partial charge is 0.472 e. The molecule has 0 saturated heterocycles. The summed E-state index contributed by atoms with van der Waals surface area (Å²) in [6.45, 7) is 42.4. The van der Waals surface area contributed by atoms with Crippen LogP contribution in [0.4, 0.5) is 0 Å². The molecule has 256 valence electrons. The number of hydrogen-bond donors (Lipinski definition) is 1. The van der Waals surface area contributed by atoms with Crippen LogP contribution in [0.2, 0.25) is 0 Å². The predicted molar refractivity (Wildman–Crippen MR) is 204 cm³/mol. The Kier molecular flexibility index (Phi) is 28.6. The predicted octanol–water partition coefficient (Wildman–Crippen LogP) is 14.4. The number of nitrogens with zero attached hydrogens (tertiary/aromatic N) is 1. The Morgan fingerprint density at radius 3 is 1.36 bits per heavy atom. The monoisotopic (exact) mass is 631 g/mol. The Morgan fingerprint density at radius 2 is 1.18 bits per heavy atom. The number of allylic oxidation sites excluding steroid dienone is 4. The maximum absolute atomic E-state index is 4.94. The molecule has 0 saturated carbocycles. The summed E-state index contributed by atoms with van der Waals surface area (Å²) in [5.74, 6) is 0. The second-order valence-electron chi connectivity index (χ2n) is 13.3. The fraction of sp³-hybridized carbons (Fsp3) is 0.625. The maximum Gasteiger partial charge on any atom is 0.0939 e.